The number of amides is 1. The van der Waals surface area contributed by atoms with Crippen molar-refractivity contribution in [3.05, 3.63) is 47.2 Å². The van der Waals surface area contributed by atoms with Crippen LogP contribution in [0.15, 0.2) is 36.0 Å². The van der Waals surface area contributed by atoms with Crippen LogP contribution in [0.2, 0.25) is 0 Å². The minimum Gasteiger partial charge on any atom is -0.378 e. The molecule has 0 unspecified atom stereocenters. The summed E-state index contributed by atoms with van der Waals surface area (Å²) >= 11 is 1.47. The lowest BCUT2D eigenvalue weighted by Crippen LogP contribution is -2.40. The number of aryl methyl sites for hydroxylation is 1. The molecule has 4 rings (SSSR count). The summed E-state index contributed by atoms with van der Waals surface area (Å²) in [6.07, 6.45) is 3.52. The van der Waals surface area contributed by atoms with Crippen LogP contribution in [0.5, 0.6) is 0 Å². The first-order valence-corrected chi connectivity index (χ1v) is 8.90. The number of carbonyl (C=O) groups excluding carboxylic acids is 1. The predicted octanol–water partition coefficient (Wildman–Crippen LogP) is 2.17. The van der Waals surface area contributed by atoms with Gasteiger partial charge in [0.1, 0.15) is 0 Å². The number of ether oxygens (including phenoxy) is 1. The highest BCUT2D eigenvalue weighted by Gasteiger charge is 2.24. The topological polar surface area (TPSA) is 73.1 Å². The molecule has 0 aromatic carbocycles. The summed E-state index contributed by atoms with van der Waals surface area (Å²) in [7, 11) is 0. The quantitative estimate of drug-likeness (QED) is 0.720. The molecule has 1 aliphatic heterocycles. The van der Waals surface area contributed by atoms with Crippen molar-refractivity contribution in [3.63, 3.8) is 0 Å². The minimum absolute atomic E-state index is 0.0908. The lowest BCUT2D eigenvalue weighted by molar-refractivity contribution is 0.0298. The van der Waals surface area contributed by atoms with Crippen LogP contribution in [0.3, 0.4) is 0 Å². The second kappa shape index (κ2) is 6.73. The van der Waals surface area contributed by atoms with E-state index in [4.69, 9.17) is 4.74 Å². The number of nitrogens with zero attached hydrogens (tertiary/aromatic N) is 5. The SMILES string of the molecule is Cc1ccc(-c2cc(C(=O)N3CCOCC3)nn2-c2nccs2)nc1. The van der Waals surface area contributed by atoms with E-state index < -0.39 is 0 Å². The van der Waals surface area contributed by atoms with Gasteiger partial charge in [-0.15, -0.1) is 11.3 Å². The van der Waals surface area contributed by atoms with Crippen molar-refractivity contribution in [2.24, 2.45) is 0 Å². The Kier molecular flexibility index (Phi) is 4.29. The maximum absolute atomic E-state index is 12.8. The average Bonchev–Trinajstić information content (AvgIpc) is 3.32. The number of morpholine rings is 1. The Labute approximate surface area is 148 Å². The van der Waals surface area contributed by atoms with Gasteiger partial charge in [-0.25, -0.2) is 9.67 Å². The van der Waals surface area contributed by atoms with E-state index in [2.05, 4.69) is 15.1 Å². The van der Waals surface area contributed by atoms with Gasteiger partial charge in [-0.3, -0.25) is 9.78 Å². The van der Waals surface area contributed by atoms with Crippen molar-refractivity contribution in [3.8, 4) is 16.5 Å². The van der Waals surface area contributed by atoms with Crippen LogP contribution in [0.1, 0.15) is 16.1 Å². The van der Waals surface area contributed by atoms with Gasteiger partial charge in [0, 0.05) is 30.9 Å². The predicted molar refractivity (Wildman–Crippen MR) is 93.9 cm³/mol. The summed E-state index contributed by atoms with van der Waals surface area (Å²) in [5, 5.41) is 7.11. The van der Waals surface area contributed by atoms with Crippen molar-refractivity contribution >= 4 is 17.2 Å². The van der Waals surface area contributed by atoms with Gasteiger partial charge < -0.3 is 9.64 Å². The number of pyridine rings is 1. The van der Waals surface area contributed by atoms with Gasteiger partial charge >= 0.3 is 0 Å². The first-order valence-electron chi connectivity index (χ1n) is 8.02. The molecule has 0 spiro atoms. The molecule has 0 saturated carbocycles. The minimum atomic E-state index is -0.0908. The summed E-state index contributed by atoms with van der Waals surface area (Å²) < 4.78 is 7.01. The van der Waals surface area contributed by atoms with E-state index in [0.29, 0.717) is 37.1 Å². The van der Waals surface area contributed by atoms with Crippen LogP contribution >= 0.6 is 11.3 Å². The van der Waals surface area contributed by atoms with Crippen molar-refractivity contribution in [2.45, 2.75) is 6.92 Å². The summed E-state index contributed by atoms with van der Waals surface area (Å²) in [6.45, 7) is 4.28. The number of thiazole rings is 1. The monoisotopic (exact) mass is 355 g/mol. The van der Waals surface area contributed by atoms with Crippen molar-refractivity contribution < 1.29 is 9.53 Å². The van der Waals surface area contributed by atoms with Crippen molar-refractivity contribution in [1.82, 2.24) is 24.6 Å². The van der Waals surface area contributed by atoms with E-state index in [1.165, 1.54) is 11.3 Å². The molecule has 128 valence electrons. The fraction of sp³-hybridized carbons (Fsp3) is 0.294. The molecule has 0 bridgehead atoms. The molecule has 1 amide bonds. The van der Waals surface area contributed by atoms with Gasteiger partial charge in [0.25, 0.3) is 5.91 Å². The molecule has 3 aromatic rings. The summed E-state index contributed by atoms with van der Waals surface area (Å²) in [5.74, 6) is -0.0908. The fourth-order valence-electron chi connectivity index (χ4n) is 2.68. The zero-order valence-electron chi connectivity index (χ0n) is 13.8. The molecule has 1 fully saturated rings. The highest BCUT2D eigenvalue weighted by molar-refractivity contribution is 7.12. The van der Waals surface area contributed by atoms with Crippen LogP contribution in [-0.2, 0) is 4.74 Å². The van der Waals surface area contributed by atoms with E-state index >= 15 is 0 Å². The Morgan fingerprint density at radius 3 is 2.76 bits per heavy atom. The third kappa shape index (κ3) is 3.18. The molecule has 0 aliphatic carbocycles. The Hall–Kier alpha value is -2.58. The highest BCUT2D eigenvalue weighted by atomic mass is 32.1. The Morgan fingerprint density at radius 1 is 1.24 bits per heavy atom. The first-order chi connectivity index (χ1) is 12.2. The van der Waals surface area contributed by atoms with Crippen molar-refractivity contribution in [1.29, 1.82) is 0 Å². The molecule has 1 saturated heterocycles. The zero-order chi connectivity index (χ0) is 17.2. The molecule has 8 heteroatoms. The lowest BCUT2D eigenvalue weighted by Gasteiger charge is -2.25. The van der Waals surface area contributed by atoms with E-state index in [9.17, 15) is 4.79 Å². The molecule has 1 aliphatic rings. The van der Waals surface area contributed by atoms with Crippen LogP contribution in [0.4, 0.5) is 0 Å². The fourth-order valence-corrected chi connectivity index (χ4v) is 3.29. The molecule has 4 heterocycles. The van der Waals surface area contributed by atoms with Crippen LogP contribution in [0, 0.1) is 6.92 Å². The van der Waals surface area contributed by atoms with Gasteiger partial charge in [-0.05, 0) is 24.6 Å². The number of hydrogen-bond acceptors (Lipinski definition) is 6. The number of carbonyl (C=O) groups is 1. The van der Waals surface area contributed by atoms with Crippen LogP contribution < -0.4 is 0 Å². The molecular formula is C17H17N5O2S. The normalized spacial score (nSPS) is 14.7. The standard InChI is InChI=1S/C17H17N5O2S/c1-12-2-3-13(19-11-12)15-10-14(16(23)21-5-7-24-8-6-21)20-22(15)17-18-4-9-25-17/h2-4,9-11H,5-8H2,1H3. The van der Waals surface area contributed by atoms with Gasteiger partial charge in [-0.2, -0.15) is 5.10 Å². The largest absolute Gasteiger partial charge is 0.378 e. The van der Waals surface area contributed by atoms with Crippen molar-refractivity contribution in [2.75, 3.05) is 26.3 Å². The second-order valence-corrected chi connectivity index (χ2v) is 6.64. The maximum Gasteiger partial charge on any atom is 0.274 e. The molecule has 25 heavy (non-hydrogen) atoms. The molecular weight excluding hydrogens is 338 g/mol. The lowest BCUT2D eigenvalue weighted by atomic mass is 10.2. The van der Waals surface area contributed by atoms with Gasteiger partial charge in [0.15, 0.2) is 5.69 Å². The number of aromatic nitrogens is 4. The second-order valence-electron chi connectivity index (χ2n) is 5.77. The third-order valence-corrected chi connectivity index (χ3v) is 4.75. The summed E-state index contributed by atoms with van der Waals surface area (Å²) in [6, 6.07) is 5.71. The van der Waals surface area contributed by atoms with E-state index in [0.717, 1.165) is 17.0 Å². The molecule has 7 nitrogen and oxygen atoms in total. The van der Waals surface area contributed by atoms with Crippen LogP contribution in [0.25, 0.3) is 16.5 Å². The highest BCUT2D eigenvalue weighted by Crippen LogP contribution is 2.24. The van der Waals surface area contributed by atoms with Gasteiger partial charge in [-0.1, -0.05) is 6.07 Å². The van der Waals surface area contributed by atoms with E-state index in [1.54, 1.807) is 28.0 Å². The Morgan fingerprint density at radius 2 is 2.08 bits per heavy atom. The maximum atomic E-state index is 12.8. The summed E-state index contributed by atoms with van der Waals surface area (Å²) in [5.41, 5.74) is 2.99. The molecule has 0 atom stereocenters. The zero-order valence-corrected chi connectivity index (χ0v) is 14.6. The number of rotatable bonds is 3. The molecule has 0 radical (unpaired) electrons. The smallest absolute Gasteiger partial charge is 0.274 e. The summed E-state index contributed by atoms with van der Waals surface area (Å²) in [4.78, 5) is 23.3. The number of hydrogen-bond donors (Lipinski definition) is 0. The van der Waals surface area contributed by atoms with E-state index in [1.807, 2.05) is 24.4 Å². The van der Waals surface area contributed by atoms with Gasteiger partial charge in [0.2, 0.25) is 5.13 Å². The third-order valence-electron chi connectivity index (χ3n) is 4.00. The van der Waals surface area contributed by atoms with Crippen LogP contribution in [-0.4, -0.2) is 56.9 Å². The Balaban J connectivity index is 1.75. The molecule has 3 aromatic heterocycles. The van der Waals surface area contributed by atoms with E-state index in [-0.39, 0.29) is 5.91 Å². The van der Waals surface area contributed by atoms with Gasteiger partial charge in [0.05, 0.1) is 24.6 Å². The average molecular weight is 355 g/mol. The first kappa shape index (κ1) is 15.9. The Bertz CT molecular complexity index is 867. The molecule has 0 N–H and O–H groups in total.